The van der Waals surface area contributed by atoms with Crippen LogP contribution in [-0.4, -0.2) is 75.3 Å². The maximum atomic E-state index is 13.6. The summed E-state index contributed by atoms with van der Waals surface area (Å²) in [7, 11) is 0. The highest BCUT2D eigenvalue weighted by atomic mass is 19.3. The number of aromatic nitrogens is 3. The average molecular weight is 539 g/mol. The number of pyridine rings is 1. The van der Waals surface area contributed by atoms with Crippen LogP contribution in [0.25, 0.3) is 22.0 Å². The third kappa shape index (κ3) is 5.35. The highest BCUT2D eigenvalue weighted by Gasteiger charge is 2.40. The molecule has 11 heteroatoms. The Labute approximate surface area is 225 Å². The fourth-order valence-electron chi connectivity index (χ4n) is 5.66. The summed E-state index contributed by atoms with van der Waals surface area (Å²) in [6.45, 7) is 5.67. The van der Waals surface area contributed by atoms with Gasteiger partial charge in [0.2, 0.25) is 11.8 Å². The monoisotopic (exact) mass is 538 g/mol. The number of hydrogen-bond acceptors (Lipinski definition) is 6. The molecule has 0 spiro atoms. The fourth-order valence-corrected chi connectivity index (χ4v) is 5.66. The van der Waals surface area contributed by atoms with Crippen molar-refractivity contribution in [3.05, 3.63) is 42.7 Å². The van der Waals surface area contributed by atoms with Gasteiger partial charge in [-0.25, -0.2) is 13.6 Å². The van der Waals surface area contributed by atoms with E-state index in [1.54, 1.807) is 31.5 Å². The van der Waals surface area contributed by atoms with Crippen molar-refractivity contribution in [2.24, 2.45) is 5.92 Å². The van der Waals surface area contributed by atoms with Gasteiger partial charge in [0.1, 0.15) is 5.69 Å². The summed E-state index contributed by atoms with van der Waals surface area (Å²) in [5, 5.41) is 20.2. The Bertz CT molecular complexity index is 1360. The molecule has 2 fully saturated rings. The minimum atomic E-state index is -2.66. The third-order valence-electron chi connectivity index (χ3n) is 7.84. The van der Waals surface area contributed by atoms with E-state index in [0.717, 1.165) is 16.3 Å². The highest BCUT2D eigenvalue weighted by molar-refractivity contribution is 6.00. The molecule has 0 radical (unpaired) electrons. The van der Waals surface area contributed by atoms with E-state index in [4.69, 9.17) is 0 Å². The van der Waals surface area contributed by atoms with E-state index in [0.29, 0.717) is 43.4 Å². The summed E-state index contributed by atoms with van der Waals surface area (Å²) in [6.07, 6.45) is 2.45. The lowest BCUT2D eigenvalue weighted by molar-refractivity contribution is -0.142. The molecule has 9 nitrogen and oxygen atoms in total. The quantitative estimate of drug-likeness (QED) is 0.484. The number of benzene rings is 1. The fraction of sp³-hybridized carbons (Fsp3) is 0.464. The Kier molecular flexibility index (Phi) is 7.33. The van der Waals surface area contributed by atoms with Crippen LogP contribution in [-0.2, 0) is 4.79 Å². The zero-order chi connectivity index (χ0) is 27.7. The second-order valence-electron chi connectivity index (χ2n) is 10.3. The molecule has 1 saturated carbocycles. The first-order valence-electron chi connectivity index (χ1n) is 13.3. The van der Waals surface area contributed by atoms with Gasteiger partial charge in [-0.2, -0.15) is 0 Å². The smallest absolute Gasteiger partial charge is 0.411 e. The zero-order valence-corrected chi connectivity index (χ0v) is 22.1. The van der Waals surface area contributed by atoms with Crippen LogP contribution in [0.3, 0.4) is 0 Å². The predicted molar refractivity (Wildman–Crippen MR) is 144 cm³/mol. The number of amides is 2. The minimum Gasteiger partial charge on any atom is -0.465 e. The van der Waals surface area contributed by atoms with Gasteiger partial charge in [-0.05, 0) is 44.9 Å². The van der Waals surface area contributed by atoms with Crippen molar-refractivity contribution in [2.75, 3.05) is 36.0 Å². The van der Waals surface area contributed by atoms with Crippen LogP contribution in [0.15, 0.2) is 42.7 Å². The van der Waals surface area contributed by atoms with Crippen molar-refractivity contribution in [3.63, 3.8) is 0 Å². The van der Waals surface area contributed by atoms with Crippen LogP contribution in [0.2, 0.25) is 0 Å². The van der Waals surface area contributed by atoms with Crippen molar-refractivity contribution in [3.8, 4) is 11.3 Å². The molecule has 0 bridgehead atoms. The first-order valence-corrected chi connectivity index (χ1v) is 13.3. The van der Waals surface area contributed by atoms with E-state index in [1.165, 1.54) is 4.90 Å². The van der Waals surface area contributed by atoms with Crippen LogP contribution in [0.5, 0.6) is 0 Å². The number of piperazine rings is 1. The van der Waals surface area contributed by atoms with Gasteiger partial charge < -0.3 is 14.9 Å². The number of halogens is 2. The molecule has 2 aromatic heterocycles. The van der Waals surface area contributed by atoms with Gasteiger partial charge >= 0.3 is 6.09 Å². The van der Waals surface area contributed by atoms with Crippen molar-refractivity contribution < 1.29 is 23.5 Å². The first-order chi connectivity index (χ1) is 18.7. The van der Waals surface area contributed by atoms with E-state index in [-0.39, 0.29) is 43.6 Å². The lowest BCUT2D eigenvalue weighted by atomic mass is 9.85. The van der Waals surface area contributed by atoms with Crippen LogP contribution in [0.1, 0.15) is 39.5 Å². The standard InChI is InChI=1S/C28H32F2N6O3/c1-3-35(27(38)39)21-6-4-19(5-7-21)24-22-10-13-31-16-23(22)25(33-32-24)34-14-15-36(18(2)17-34)26(37)20-8-11-28(29,30)12-9-20/h4-7,10,13,16,18,20H,3,8-9,11-12,14-15,17H2,1-2H3,(H,38,39)/t18-/m0/s1. The van der Waals surface area contributed by atoms with Gasteiger partial charge in [0, 0.05) is 85.4 Å². The molecule has 1 atom stereocenters. The Morgan fingerprint density at radius 1 is 1.08 bits per heavy atom. The Hall–Kier alpha value is -3.89. The van der Waals surface area contributed by atoms with Gasteiger partial charge in [-0.15, -0.1) is 10.2 Å². The minimum absolute atomic E-state index is 0.0291. The Balaban J connectivity index is 1.35. The average Bonchev–Trinajstić information content (AvgIpc) is 2.93. The van der Waals surface area contributed by atoms with Crippen LogP contribution in [0, 0.1) is 5.92 Å². The number of anilines is 2. The summed E-state index contributed by atoms with van der Waals surface area (Å²) >= 11 is 0. The van der Waals surface area contributed by atoms with Gasteiger partial charge in [-0.3, -0.25) is 14.7 Å². The number of alkyl halides is 2. The van der Waals surface area contributed by atoms with Gasteiger partial charge in [-0.1, -0.05) is 12.1 Å². The number of nitrogens with zero attached hydrogens (tertiary/aromatic N) is 6. The molecule has 206 valence electrons. The summed E-state index contributed by atoms with van der Waals surface area (Å²) in [5.74, 6) is -2.34. The number of rotatable bonds is 5. The van der Waals surface area contributed by atoms with E-state index in [2.05, 4.69) is 20.1 Å². The number of carbonyl (C=O) groups is 2. The summed E-state index contributed by atoms with van der Waals surface area (Å²) in [5.41, 5.74) is 2.04. The topological polar surface area (TPSA) is 103 Å². The van der Waals surface area contributed by atoms with Crippen molar-refractivity contribution >= 4 is 34.3 Å². The van der Waals surface area contributed by atoms with Crippen molar-refractivity contribution in [1.82, 2.24) is 20.1 Å². The van der Waals surface area contributed by atoms with E-state index < -0.39 is 12.0 Å². The molecule has 0 unspecified atom stereocenters. The first kappa shape index (κ1) is 26.7. The SMILES string of the molecule is CCN(C(=O)O)c1ccc(-c2nnc(N3CCN(C(=O)C4CCC(F)(F)CC4)[C@@H](C)C3)c3cnccc23)cc1. The maximum absolute atomic E-state index is 13.6. The second kappa shape index (κ2) is 10.7. The van der Waals surface area contributed by atoms with Crippen LogP contribution in [0.4, 0.5) is 25.1 Å². The Morgan fingerprint density at radius 3 is 2.44 bits per heavy atom. The summed E-state index contributed by atoms with van der Waals surface area (Å²) < 4.78 is 27.2. The maximum Gasteiger partial charge on any atom is 0.411 e. The molecule has 3 aromatic rings. The molecule has 39 heavy (non-hydrogen) atoms. The molecular weight excluding hydrogens is 506 g/mol. The lowest BCUT2D eigenvalue weighted by Crippen LogP contribution is -2.56. The molecule has 1 aliphatic carbocycles. The molecule has 1 N–H and O–H groups in total. The molecule has 2 amide bonds. The van der Waals surface area contributed by atoms with Gasteiger partial charge in [0.15, 0.2) is 5.82 Å². The Morgan fingerprint density at radius 2 is 1.79 bits per heavy atom. The van der Waals surface area contributed by atoms with E-state index in [9.17, 15) is 23.5 Å². The van der Waals surface area contributed by atoms with Crippen LogP contribution >= 0.6 is 0 Å². The predicted octanol–water partition coefficient (Wildman–Crippen LogP) is 5.06. The lowest BCUT2D eigenvalue weighted by Gasteiger charge is -2.42. The summed E-state index contributed by atoms with van der Waals surface area (Å²) in [4.78, 5) is 34.1. The van der Waals surface area contributed by atoms with Gasteiger partial charge in [0.25, 0.3) is 0 Å². The third-order valence-corrected chi connectivity index (χ3v) is 7.84. The molecule has 5 rings (SSSR count). The molecule has 2 aliphatic rings. The number of carbonyl (C=O) groups excluding carboxylic acids is 1. The van der Waals surface area contributed by atoms with E-state index in [1.807, 2.05) is 30.0 Å². The molecule has 1 aromatic carbocycles. The number of hydrogen-bond donors (Lipinski definition) is 1. The molecular formula is C28H32F2N6O3. The van der Waals surface area contributed by atoms with Crippen LogP contribution < -0.4 is 9.80 Å². The molecule has 1 aliphatic heterocycles. The van der Waals surface area contributed by atoms with Crippen molar-refractivity contribution in [2.45, 2.75) is 51.5 Å². The normalized spacial score (nSPS) is 19.7. The van der Waals surface area contributed by atoms with Gasteiger partial charge in [0.05, 0.1) is 0 Å². The zero-order valence-electron chi connectivity index (χ0n) is 22.1. The summed E-state index contributed by atoms with van der Waals surface area (Å²) in [6, 6.07) is 8.94. The highest BCUT2D eigenvalue weighted by Crippen LogP contribution is 2.38. The molecule has 1 saturated heterocycles. The largest absolute Gasteiger partial charge is 0.465 e. The number of carboxylic acid groups (broad SMARTS) is 1. The second-order valence-corrected chi connectivity index (χ2v) is 10.3. The van der Waals surface area contributed by atoms with Crippen molar-refractivity contribution in [1.29, 1.82) is 0 Å². The molecule has 3 heterocycles. The van der Waals surface area contributed by atoms with E-state index >= 15 is 0 Å². The number of fused-ring (bicyclic) bond motifs is 1.